The molecule has 1 amide bonds. The number of hydrogen-bond donors (Lipinski definition) is 4. The van der Waals surface area contributed by atoms with Gasteiger partial charge in [-0.3, -0.25) is 9.78 Å². The lowest BCUT2D eigenvalue weighted by molar-refractivity contribution is 0.0939. The van der Waals surface area contributed by atoms with Crippen LogP contribution in [0.15, 0.2) is 54.4 Å². The standard InChI is InChI=1S/C32H35N7O3/c1-6-39(7-2)15-14-35-32(41)31-37-29(21-12-13-34-24-11-9-8-10-20(21)24)28-22-17-26(42-5)23(27(18(3)33)19(4)40)16-25(22)36-30(28)38-31/h8-13,16-17,33,40H,6-7,14-15H2,1-5H3,(H,35,41)(H,36,37,38)/b27-19+,33-18?. The maximum absolute atomic E-state index is 13.3. The van der Waals surface area contributed by atoms with E-state index in [-0.39, 0.29) is 23.2 Å². The Labute approximate surface area is 244 Å². The van der Waals surface area contributed by atoms with Crippen molar-refractivity contribution in [1.82, 2.24) is 30.2 Å². The van der Waals surface area contributed by atoms with Crippen molar-refractivity contribution in [3.63, 3.8) is 0 Å². The molecule has 42 heavy (non-hydrogen) atoms. The molecule has 0 spiro atoms. The van der Waals surface area contributed by atoms with Crippen molar-refractivity contribution >= 4 is 50.0 Å². The molecule has 3 heterocycles. The minimum Gasteiger partial charge on any atom is -0.512 e. The lowest BCUT2D eigenvalue weighted by Crippen LogP contribution is -2.35. The Morgan fingerprint density at radius 3 is 2.55 bits per heavy atom. The molecule has 5 rings (SSSR count). The van der Waals surface area contributed by atoms with Gasteiger partial charge >= 0.3 is 0 Å². The normalized spacial score (nSPS) is 12.2. The summed E-state index contributed by atoms with van der Waals surface area (Å²) in [5.41, 5.74) is 4.56. The number of allylic oxidation sites excluding steroid dienone is 2. The summed E-state index contributed by atoms with van der Waals surface area (Å²) in [6, 6.07) is 13.4. The molecule has 0 aliphatic rings. The van der Waals surface area contributed by atoms with Gasteiger partial charge in [-0.25, -0.2) is 9.97 Å². The van der Waals surface area contributed by atoms with E-state index in [4.69, 9.17) is 15.1 Å². The molecule has 10 nitrogen and oxygen atoms in total. The number of benzene rings is 2. The van der Waals surface area contributed by atoms with E-state index in [1.54, 1.807) is 27.2 Å². The van der Waals surface area contributed by atoms with E-state index in [2.05, 4.69) is 39.0 Å². The molecular weight excluding hydrogens is 530 g/mol. The monoisotopic (exact) mass is 565 g/mol. The van der Waals surface area contributed by atoms with Crippen LogP contribution in [-0.2, 0) is 0 Å². The van der Waals surface area contributed by atoms with Crippen molar-refractivity contribution < 1.29 is 14.6 Å². The number of nitrogens with zero attached hydrogens (tertiary/aromatic N) is 4. The fourth-order valence-electron chi connectivity index (χ4n) is 5.40. The van der Waals surface area contributed by atoms with Crippen LogP contribution in [0.3, 0.4) is 0 Å². The van der Waals surface area contributed by atoms with Crippen LogP contribution in [0.5, 0.6) is 5.75 Å². The first-order chi connectivity index (χ1) is 20.3. The quantitative estimate of drug-likeness (QED) is 0.125. The third kappa shape index (κ3) is 5.28. The van der Waals surface area contributed by atoms with Gasteiger partial charge in [-0.15, -0.1) is 0 Å². The summed E-state index contributed by atoms with van der Waals surface area (Å²) in [6.45, 7) is 10.4. The molecule has 0 saturated heterocycles. The third-order valence-corrected chi connectivity index (χ3v) is 7.49. The van der Waals surface area contributed by atoms with Gasteiger partial charge in [0, 0.05) is 58.0 Å². The van der Waals surface area contributed by atoms with Crippen LogP contribution in [-0.4, -0.2) is 74.9 Å². The molecule has 0 atom stereocenters. The number of carbonyl (C=O) groups is 1. The van der Waals surface area contributed by atoms with E-state index in [1.165, 1.54) is 0 Å². The van der Waals surface area contributed by atoms with Crippen LogP contribution in [0.2, 0.25) is 0 Å². The zero-order valence-electron chi connectivity index (χ0n) is 24.5. The Kier molecular flexibility index (Phi) is 8.17. The van der Waals surface area contributed by atoms with Crippen LogP contribution in [0, 0.1) is 5.41 Å². The van der Waals surface area contributed by atoms with Crippen molar-refractivity contribution in [3.8, 4) is 17.0 Å². The molecule has 216 valence electrons. The number of aromatic nitrogens is 4. The van der Waals surface area contributed by atoms with Gasteiger partial charge in [0.2, 0.25) is 5.82 Å². The first-order valence-corrected chi connectivity index (χ1v) is 14.0. The smallest absolute Gasteiger partial charge is 0.289 e. The molecule has 5 aromatic rings. The van der Waals surface area contributed by atoms with Crippen molar-refractivity contribution in [2.45, 2.75) is 27.7 Å². The Hall–Kier alpha value is -4.83. The summed E-state index contributed by atoms with van der Waals surface area (Å²) in [5.74, 6) is 0.200. The van der Waals surface area contributed by atoms with Gasteiger partial charge in [-0.1, -0.05) is 32.0 Å². The Bertz CT molecular complexity index is 1840. The fraction of sp³-hybridized carbons (Fsp3) is 0.281. The molecule has 0 fully saturated rings. The maximum Gasteiger partial charge on any atom is 0.289 e. The van der Waals surface area contributed by atoms with E-state index in [0.717, 1.165) is 46.9 Å². The number of fused-ring (bicyclic) bond motifs is 4. The molecular formula is C32H35N7O3. The van der Waals surface area contributed by atoms with Crippen LogP contribution in [0.1, 0.15) is 43.9 Å². The minimum absolute atomic E-state index is 0.0173. The summed E-state index contributed by atoms with van der Waals surface area (Å²) in [6.07, 6.45) is 1.73. The molecule has 0 saturated carbocycles. The summed E-state index contributed by atoms with van der Waals surface area (Å²) in [5, 5.41) is 24.0. The van der Waals surface area contributed by atoms with E-state index >= 15 is 0 Å². The second-order valence-corrected chi connectivity index (χ2v) is 10.1. The number of likely N-dealkylation sites (N-methyl/N-ethyl adjacent to an activating group) is 1. The number of amides is 1. The highest BCUT2D eigenvalue weighted by molar-refractivity contribution is 6.24. The maximum atomic E-state index is 13.3. The van der Waals surface area contributed by atoms with Gasteiger partial charge in [0.25, 0.3) is 5.91 Å². The average molecular weight is 566 g/mol. The summed E-state index contributed by atoms with van der Waals surface area (Å²) in [7, 11) is 1.55. The highest BCUT2D eigenvalue weighted by atomic mass is 16.5. The zero-order chi connectivity index (χ0) is 30.0. The number of hydrogen-bond acceptors (Lipinski definition) is 8. The predicted molar refractivity (Wildman–Crippen MR) is 167 cm³/mol. The van der Waals surface area contributed by atoms with E-state index in [0.29, 0.717) is 40.3 Å². The van der Waals surface area contributed by atoms with Gasteiger partial charge in [0.1, 0.15) is 11.4 Å². The summed E-state index contributed by atoms with van der Waals surface area (Å²) in [4.78, 5) is 33.0. The summed E-state index contributed by atoms with van der Waals surface area (Å²) >= 11 is 0. The topological polar surface area (TPSA) is 140 Å². The van der Waals surface area contributed by atoms with Crippen LogP contribution < -0.4 is 10.1 Å². The van der Waals surface area contributed by atoms with Crippen molar-refractivity contribution in [3.05, 3.63) is 65.8 Å². The van der Waals surface area contributed by atoms with Crippen LogP contribution in [0.4, 0.5) is 0 Å². The van der Waals surface area contributed by atoms with Gasteiger partial charge < -0.3 is 30.5 Å². The largest absolute Gasteiger partial charge is 0.512 e. The number of ether oxygens (including phenoxy) is 1. The molecule has 0 radical (unpaired) electrons. The number of aliphatic hydroxyl groups excluding tert-OH is 1. The van der Waals surface area contributed by atoms with E-state index in [9.17, 15) is 9.90 Å². The molecule has 4 N–H and O–H groups in total. The van der Waals surface area contributed by atoms with Gasteiger partial charge in [0.15, 0.2) is 0 Å². The SMILES string of the molecule is CCN(CC)CCNC(=O)c1nc(-c2ccnc3ccccc23)c2c(n1)[nH]c1cc(/C(C(C)=N)=C(\C)O)c(OC)cc12. The predicted octanol–water partition coefficient (Wildman–Crippen LogP) is 5.74. The number of pyridine rings is 1. The molecule has 10 heteroatoms. The Morgan fingerprint density at radius 2 is 1.86 bits per heavy atom. The first-order valence-electron chi connectivity index (χ1n) is 14.0. The number of para-hydroxylation sites is 1. The van der Waals surface area contributed by atoms with Gasteiger partial charge in [-0.2, -0.15) is 0 Å². The lowest BCUT2D eigenvalue weighted by atomic mass is 9.97. The molecule has 0 unspecified atom stereocenters. The molecule has 2 aromatic carbocycles. The molecule has 3 aromatic heterocycles. The highest BCUT2D eigenvalue weighted by Gasteiger charge is 2.23. The first kappa shape index (κ1) is 28.7. The van der Waals surface area contributed by atoms with Gasteiger partial charge in [0.05, 0.1) is 29.5 Å². The highest BCUT2D eigenvalue weighted by Crippen LogP contribution is 2.40. The summed E-state index contributed by atoms with van der Waals surface area (Å²) < 4.78 is 5.74. The average Bonchev–Trinajstić information content (AvgIpc) is 3.35. The minimum atomic E-state index is -0.360. The molecule has 0 aliphatic heterocycles. The molecule has 0 aliphatic carbocycles. The number of aromatic amines is 1. The Balaban J connectivity index is 1.75. The van der Waals surface area contributed by atoms with Crippen molar-refractivity contribution in [1.29, 1.82) is 5.41 Å². The van der Waals surface area contributed by atoms with Crippen molar-refractivity contribution in [2.75, 3.05) is 33.3 Å². The second-order valence-electron chi connectivity index (χ2n) is 10.1. The lowest BCUT2D eigenvalue weighted by Gasteiger charge is -2.17. The number of nitrogens with one attached hydrogen (secondary N) is 3. The molecule has 0 bridgehead atoms. The number of rotatable bonds is 10. The van der Waals surface area contributed by atoms with E-state index < -0.39 is 0 Å². The van der Waals surface area contributed by atoms with Crippen LogP contribution >= 0.6 is 0 Å². The Morgan fingerprint density at radius 1 is 1.10 bits per heavy atom. The second kappa shape index (κ2) is 12.0. The number of aliphatic hydroxyl groups is 1. The number of H-pyrrole nitrogens is 1. The van der Waals surface area contributed by atoms with Crippen LogP contribution in [0.25, 0.3) is 49.7 Å². The third-order valence-electron chi connectivity index (χ3n) is 7.49. The van der Waals surface area contributed by atoms with E-state index in [1.807, 2.05) is 42.5 Å². The van der Waals surface area contributed by atoms with Crippen molar-refractivity contribution in [2.24, 2.45) is 0 Å². The van der Waals surface area contributed by atoms with Gasteiger partial charge in [-0.05, 0) is 51.2 Å². The fourth-order valence-corrected chi connectivity index (χ4v) is 5.40. The number of methoxy groups -OCH3 is 1. The zero-order valence-corrected chi connectivity index (χ0v) is 24.5. The number of carbonyl (C=O) groups excluding carboxylic acids is 1.